The molecule has 0 bridgehead atoms. The lowest BCUT2D eigenvalue weighted by molar-refractivity contribution is -0.140. The van der Waals surface area contributed by atoms with Crippen LogP contribution >= 0.6 is 23.1 Å². The van der Waals surface area contributed by atoms with Crippen LogP contribution in [0.5, 0.6) is 0 Å². The zero-order valence-electron chi connectivity index (χ0n) is 7.23. The fourth-order valence-electron chi connectivity index (χ4n) is 0.704. The van der Waals surface area contributed by atoms with Crippen molar-refractivity contribution >= 4 is 29.1 Å². The second-order valence-electron chi connectivity index (χ2n) is 2.23. The van der Waals surface area contributed by atoms with E-state index >= 15 is 0 Å². The van der Waals surface area contributed by atoms with Crippen molar-refractivity contribution in [2.24, 2.45) is 0 Å². The number of rotatable bonds is 5. The zero-order chi connectivity index (χ0) is 9.52. The monoisotopic (exact) mass is 218 g/mol. The lowest BCUT2D eigenvalue weighted by atomic mass is 10.3. The molecule has 6 heteroatoms. The van der Waals surface area contributed by atoms with Crippen molar-refractivity contribution in [2.75, 3.05) is 12.9 Å². The summed E-state index contributed by atoms with van der Waals surface area (Å²) in [5, 5.41) is 7.58. The quantitative estimate of drug-likeness (QED) is 0.426. The van der Waals surface area contributed by atoms with Gasteiger partial charge in [-0.1, -0.05) is 23.1 Å². The second-order valence-corrected chi connectivity index (χ2v) is 4.41. The Balaban J connectivity index is 2.05. The molecule has 72 valence electrons. The molecule has 4 nitrogen and oxygen atoms in total. The Hall–Kier alpha value is -0.620. The molecular weight excluding hydrogens is 208 g/mol. The molecule has 0 spiro atoms. The van der Waals surface area contributed by atoms with Crippen molar-refractivity contribution in [1.82, 2.24) is 10.2 Å². The Morgan fingerprint density at radius 3 is 3.23 bits per heavy atom. The normalized spacial score (nSPS) is 9.92. The molecular formula is C7H10N2O2S2. The van der Waals surface area contributed by atoms with E-state index in [4.69, 9.17) is 0 Å². The molecule has 0 aliphatic rings. The molecule has 0 atom stereocenters. The van der Waals surface area contributed by atoms with Crippen LogP contribution in [0.15, 0.2) is 9.85 Å². The number of esters is 1. The van der Waals surface area contributed by atoms with Crippen LogP contribution in [-0.2, 0) is 9.53 Å². The van der Waals surface area contributed by atoms with Gasteiger partial charge in [0.05, 0.1) is 7.11 Å². The predicted molar refractivity (Wildman–Crippen MR) is 51.9 cm³/mol. The maximum absolute atomic E-state index is 10.7. The van der Waals surface area contributed by atoms with Crippen molar-refractivity contribution < 1.29 is 9.53 Å². The van der Waals surface area contributed by atoms with Gasteiger partial charge in [-0.2, -0.15) is 0 Å². The van der Waals surface area contributed by atoms with Gasteiger partial charge in [-0.3, -0.25) is 4.79 Å². The van der Waals surface area contributed by atoms with Gasteiger partial charge < -0.3 is 4.74 Å². The van der Waals surface area contributed by atoms with E-state index in [2.05, 4.69) is 14.9 Å². The summed E-state index contributed by atoms with van der Waals surface area (Å²) in [6, 6.07) is 0. The predicted octanol–water partition coefficient (Wildman–Crippen LogP) is 1.58. The number of hydrogen-bond acceptors (Lipinski definition) is 6. The summed E-state index contributed by atoms with van der Waals surface area (Å²) in [7, 11) is 1.40. The number of carbonyl (C=O) groups excluding carboxylic acids is 1. The van der Waals surface area contributed by atoms with Crippen LogP contribution in [-0.4, -0.2) is 29.0 Å². The highest BCUT2D eigenvalue weighted by atomic mass is 32.2. The largest absolute Gasteiger partial charge is 0.469 e. The molecule has 1 rings (SSSR count). The maximum atomic E-state index is 10.7. The summed E-state index contributed by atoms with van der Waals surface area (Å²) in [6.07, 6.45) is 1.29. The lowest BCUT2D eigenvalue weighted by Crippen LogP contribution is -1.99. The molecule has 1 heterocycles. The Morgan fingerprint density at radius 2 is 2.62 bits per heavy atom. The maximum Gasteiger partial charge on any atom is 0.305 e. The topological polar surface area (TPSA) is 52.1 Å². The van der Waals surface area contributed by atoms with Gasteiger partial charge in [-0.25, -0.2) is 0 Å². The van der Waals surface area contributed by atoms with Gasteiger partial charge in [0, 0.05) is 12.2 Å². The minimum atomic E-state index is -0.155. The number of aromatic nitrogens is 2. The third kappa shape index (κ3) is 4.23. The Morgan fingerprint density at radius 1 is 1.77 bits per heavy atom. The molecule has 1 aromatic heterocycles. The van der Waals surface area contributed by atoms with Crippen LogP contribution in [0.3, 0.4) is 0 Å². The van der Waals surface area contributed by atoms with E-state index in [9.17, 15) is 4.79 Å². The lowest BCUT2D eigenvalue weighted by Gasteiger charge is -1.97. The second kappa shape index (κ2) is 5.93. The zero-order valence-corrected chi connectivity index (χ0v) is 8.86. The van der Waals surface area contributed by atoms with Crippen LogP contribution in [0.4, 0.5) is 0 Å². The minimum absolute atomic E-state index is 0.155. The number of thioether (sulfide) groups is 1. The standard InChI is InChI=1S/C7H10N2O2S2/c1-11-6(10)3-2-4-12-7-9-8-5-13-7/h5H,2-4H2,1H3. The molecule has 0 fully saturated rings. The van der Waals surface area contributed by atoms with E-state index in [1.807, 2.05) is 0 Å². The van der Waals surface area contributed by atoms with E-state index in [1.54, 1.807) is 17.3 Å². The number of ether oxygens (including phenoxy) is 1. The van der Waals surface area contributed by atoms with Crippen LogP contribution in [0.1, 0.15) is 12.8 Å². The van der Waals surface area contributed by atoms with E-state index < -0.39 is 0 Å². The number of carbonyl (C=O) groups is 1. The Kier molecular flexibility index (Phi) is 4.77. The smallest absolute Gasteiger partial charge is 0.305 e. The first-order valence-electron chi connectivity index (χ1n) is 3.78. The Labute approximate surface area is 84.7 Å². The third-order valence-electron chi connectivity index (χ3n) is 1.32. The van der Waals surface area contributed by atoms with E-state index in [0.717, 1.165) is 16.5 Å². The highest BCUT2D eigenvalue weighted by Crippen LogP contribution is 2.19. The summed E-state index contributed by atoms with van der Waals surface area (Å²) >= 11 is 3.13. The molecule has 0 aliphatic heterocycles. The first-order chi connectivity index (χ1) is 6.33. The fourth-order valence-corrected chi connectivity index (χ4v) is 2.20. The highest BCUT2D eigenvalue weighted by Gasteiger charge is 2.01. The van der Waals surface area contributed by atoms with Gasteiger partial charge in [0.25, 0.3) is 0 Å². The summed E-state index contributed by atoms with van der Waals surface area (Å²) in [4.78, 5) is 10.7. The van der Waals surface area contributed by atoms with Crippen molar-refractivity contribution in [2.45, 2.75) is 17.2 Å². The van der Waals surface area contributed by atoms with Crippen molar-refractivity contribution in [3.63, 3.8) is 0 Å². The molecule has 0 N–H and O–H groups in total. The van der Waals surface area contributed by atoms with Crippen molar-refractivity contribution in [1.29, 1.82) is 0 Å². The number of methoxy groups -OCH3 is 1. The van der Waals surface area contributed by atoms with Crippen LogP contribution < -0.4 is 0 Å². The van der Waals surface area contributed by atoms with Gasteiger partial charge in [0.2, 0.25) is 0 Å². The summed E-state index contributed by atoms with van der Waals surface area (Å²) < 4.78 is 5.46. The van der Waals surface area contributed by atoms with Crippen molar-refractivity contribution in [3.05, 3.63) is 5.51 Å². The summed E-state index contributed by atoms with van der Waals surface area (Å²) in [6.45, 7) is 0. The summed E-state index contributed by atoms with van der Waals surface area (Å²) in [5.74, 6) is 0.725. The van der Waals surface area contributed by atoms with Crippen LogP contribution in [0, 0.1) is 0 Å². The fraction of sp³-hybridized carbons (Fsp3) is 0.571. The van der Waals surface area contributed by atoms with Gasteiger partial charge in [-0.15, -0.1) is 10.2 Å². The van der Waals surface area contributed by atoms with Gasteiger partial charge >= 0.3 is 5.97 Å². The average Bonchev–Trinajstić information content (AvgIpc) is 2.64. The molecule has 13 heavy (non-hydrogen) atoms. The average molecular weight is 218 g/mol. The molecule has 0 amide bonds. The minimum Gasteiger partial charge on any atom is -0.469 e. The summed E-state index contributed by atoms with van der Waals surface area (Å²) in [5.41, 5.74) is 1.70. The molecule has 0 radical (unpaired) electrons. The van der Waals surface area contributed by atoms with E-state index in [1.165, 1.54) is 18.4 Å². The van der Waals surface area contributed by atoms with Crippen molar-refractivity contribution in [3.8, 4) is 0 Å². The first-order valence-corrected chi connectivity index (χ1v) is 5.65. The molecule has 0 saturated heterocycles. The molecule has 0 saturated carbocycles. The Bertz CT molecular complexity index is 251. The van der Waals surface area contributed by atoms with Gasteiger partial charge in [0.15, 0.2) is 4.34 Å². The van der Waals surface area contributed by atoms with Crippen LogP contribution in [0.2, 0.25) is 0 Å². The molecule has 1 aromatic rings. The first kappa shape index (κ1) is 10.5. The van der Waals surface area contributed by atoms with Crippen LogP contribution in [0.25, 0.3) is 0 Å². The van der Waals surface area contributed by atoms with E-state index in [-0.39, 0.29) is 5.97 Å². The molecule has 0 aliphatic carbocycles. The van der Waals surface area contributed by atoms with Gasteiger partial charge in [0.1, 0.15) is 5.51 Å². The third-order valence-corrected chi connectivity index (χ3v) is 3.27. The number of hydrogen-bond donors (Lipinski definition) is 0. The van der Waals surface area contributed by atoms with Gasteiger partial charge in [-0.05, 0) is 6.42 Å². The molecule has 0 aromatic carbocycles. The number of nitrogens with zero attached hydrogens (tertiary/aromatic N) is 2. The highest BCUT2D eigenvalue weighted by molar-refractivity contribution is 8.00. The van der Waals surface area contributed by atoms with E-state index in [0.29, 0.717) is 6.42 Å². The molecule has 0 unspecified atom stereocenters. The SMILES string of the molecule is COC(=O)CCCSc1nncs1.